The Morgan fingerprint density at radius 3 is 2.14 bits per heavy atom. The predicted octanol–water partition coefficient (Wildman–Crippen LogP) is 4.45. The topological polar surface area (TPSA) is 79.2 Å². The van der Waals surface area contributed by atoms with Gasteiger partial charge in [-0.25, -0.2) is 9.59 Å². The standard InChI is InChI=1S/C22H32N2O4/c1-15-7-6-8-16(2)24(15)14-18-11-9-17(10-12-18)13-19(20(25)26)23-21(27)28-22(3,4)5/h9-12,15-16H,6-8,13-14H2,1-5H3,(H,25,26)/b23-19+/t15-,16+. The maximum atomic E-state index is 11.8. The van der Waals surface area contributed by atoms with Gasteiger partial charge in [-0.05, 0) is 58.6 Å². The molecule has 0 aliphatic carbocycles. The molecule has 1 fully saturated rings. The number of amides is 1. The number of carboxylic acid groups (broad SMARTS) is 1. The van der Waals surface area contributed by atoms with Crippen molar-refractivity contribution in [2.75, 3.05) is 0 Å². The Bertz CT molecular complexity index is 709. The quantitative estimate of drug-likeness (QED) is 0.754. The number of carboxylic acids is 1. The molecule has 28 heavy (non-hydrogen) atoms. The molecule has 1 aromatic rings. The number of hydrogen-bond donors (Lipinski definition) is 1. The van der Waals surface area contributed by atoms with Gasteiger partial charge in [0, 0.05) is 25.0 Å². The third-order valence-corrected chi connectivity index (χ3v) is 5.00. The largest absolute Gasteiger partial charge is 0.477 e. The summed E-state index contributed by atoms with van der Waals surface area (Å²) >= 11 is 0. The fourth-order valence-electron chi connectivity index (χ4n) is 3.51. The first-order valence-electron chi connectivity index (χ1n) is 9.92. The van der Waals surface area contributed by atoms with Crippen molar-refractivity contribution in [2.24, 2.45) is 4.99 Å². The van der Waals surface area contributed by atoms with Gasteiger partial charge in [-0.2, -0.15) is 4.99 Å². The number of likely N-dealkylation sites (tertiary alicyclic amines) is 1. The van der Waals surface area contributed by atoms with Crippen LogP contribution < -0.4 is 0 Å². The molecule has 0 saturated carbocycles. The molecule has 154 valence electrons. The summed E-state index contributed by atoms with van der Waals surface area (Å²) in [6.45, 7) is 10.6. The van der Waals surface area contributed by atoms with E-state index in [-0.39, 0.29) is 12.1 Å². The lowest BCUT2D eigenvalue weighted by Crippen LogP contribution is -2.42. The number of aliphatic carboxylic acids is 1. The van der Waals surface area contributed by atoms with E-state index in [1.165, 1.54) is 24.8 Å². The average molecular weight is 389 g/mol. The minimum absolute atomic E-state index is 0.0748. The monoisotopic (exact) mass is 388 g/mol. The van der Waals surface area contributed by atoms with Gasteiger partial charge in [-0.1, -0.05) is 30.7 Å². The average Bonchev–Trinajstić information content (AvgIpc) is 2.57. The third kappa shape index (κ3) is 6.75. The summed E-state index contributed by atoms with van der Waals surface area (Å²) in [6.07, 6.45) is 2.93. The van der Waals surface area contributed by atoms with Crippen molar-refractivity contribution < 1.29 is 19.4 Å². The summed E-state index contributed by atoms with van der Waals surface area (Å²) < 4.78 is 5.08. The molecule has 1 aromatic carbocycles. The first-order valence-corrected chi connectivity index (χ1v) is 9.92. The number of nitrogens with zero attached hydrogens (tertiary/aromatic N) is 2. The Balaban J connectivity index is 2.05. The molecule has 1 saturated heterocycles. The van der Waals surface area contributed by atoms with Crippen molar-refractivity contribution in [3.8, 4) is 0 Å². The first kappa shape index (κ1) is 22.1. The van der Waals surface area contributed by atoms with E-state index in [0.29, 0.717) is 12.1 Å². The van der Waals surface area contributed by atoms with Gasteiger partial charge < -0.3 is 9.84 Å². The van der Waals surface area contributed by atoms with Crippen LogP contribution in [0.4, 0.5) is 4.79 Å². The Hall–Kier alpha value is -2.21. The fourth-order valence-corrected chi connectivity index (χ4v) is 3.51. The Morgan fingerprint density at radius 1 is 1.11 bits per heavy atom. The molecule has 0 aromatic heterocycles. The summed E-state index contributed by atoms with van der Waals surface area (Å²) in [5.41, 5.74) is 1.06. The lowest BCUT2D eigenvalue weighted by molar-refractivity contribution is -0.129. The van der Waals surface area contributed by atoms with Crippen LogP contribution in [-0.4, -0.2) is 45.5 Å². The van der Waals surface area contributed by atoms with Crippen LogP contribution in [0.5, 0.6) is 0 Å². The molecular weight excluding hydrogens is 356 g/mol. The molecule has 0 bridgehead atoms. The summed E-state index contributed by atoms with van der Waals surface area (Å²) in [4.78, 5) is 29.4. The lowest BCUT2D eigenvalue weighted by atomic mass is 9.96. The molecule has 1 amide bonds. The molecular formula is C22H32N2O4. The molecule has 0 unspecified atom stereocenters. The highest BCUT2D eigenvalue weighted by Crippen LogP contribution is 2.24. The molecule has 1 aliphatic heterocycles. The highest BCUT2D eigenvalue weighted by molar-refractivity contribution is 6.37. The second kappa shape index (κ2) is 9.32. The van der Waals surface area contributed by atoms with Gasteiger partial charge in [0.1, 0.15) is 11.3 Å². The molecule has 0 spiro atoms. The minimum atomic E-state index is -1.22. The van der Waals surface area contributed by atoms with Crippen molar-refractivity contribution >= 4 is 17.8 Å². The number of carbonyl (C=O) groups is 2. The van der Waals surface area contributed by atoms with E-state index in [1.54, 1.807) is 20.8 Å². The first-order chi connectivity index (χ1) is 13.0. The highest BCUT2D eigenvalue weighted by atomic mass is 16.6. The van der Waals surface area contributed by atoms with E-state index in [4.69, 9.17) is 4.74 Å². The molecule has 1 aliphatic rings. The van der Waals surface area contributed by atoms with Crippen LogP contribution in [0.3, 0.4) is 0 Å². The van der Waals surface area contributed by atoms with Gasteiger partial charge >= 0.3 is 12.1 Å². The van der Waals surface area contributed by atoms with Crippen LogP contribution in [0, 0.1) is 0 Å². The van der Waals surface area contributed by atoms with E-state index in [0.717, 1.165) is 12.1 Å². The number of piperidine rings is 1. The number of hydrogen-bond acceptors (Lipinski definition) is 4. The number of rotatable bonds is 5. The van der Waals surface area contributed by atoms with Crippen LogP contribution in [0.25, 0.3) is 0 Å². The summed E-state index contributed by atoms with van der Waals surface area (Å²) in [6, 6.07) is 9.00. The van der Waals surface area contributed by atoms with E-state index in [9.17, 15) is 14.7 Å². The SMILES string of the molecule is C[C@@H]1CCC[C@H](C)N1Cc1ccc(C/C(=N\C(=O)OC(C)(C)C)C(=O)O)cc1. The second-order valence-corrected chi connectivity index (χ2v) is 8.64. The number of carbonyl (C=O) groups excluding carboxylic acids is 1. The maximum Gasteiger partial charge on any atom is 0.434 e. The smallest absolute Gasteiger partial charge is 0.434 e. The van der Waals surface area contributed by atoms with Crippen LogP contribution in [0.2, 0.25) is 0 Å². The molecule has 1 heterocycles. The van der Waals surface area contributed by atoms with Crippen LogP contribution in [-0.2, 0) is 22.5 Å². The number of ether oxygens (including phenoxy) is 1. The van der Waals surface area contributed by atoms with Crippen molar-refractivity contribution in [3.05, 3.63) is 35.4 Å². The molecule has 1 N–H and O–H groups in total. The normalized spacial score (nSPS) is 21.4. The van der Waals surface area contributed by atoms with Gasteiger partial charge in [0.15, 0.2) is 0 Å². The van der Waals surface area contributed by atoms with Gasteiger partial charge in [0.05, 0.1) is 0 Å². The second-order valence-electron chi connectivity index (χ2n) is 8.64. The highest BCUT2D eigenvalue weighted by Gasteiger charge is 2.24. The number of aliphatic imine (C=N–C) groups is 1. The van der Waals surface area contributed by atoms with E-state index < -0.39 is 17.7 Å². The van der Waals surface area contributed by atoms with E-state index >= 15 is 0 Å². The predicted molar refractivity (Wildman–Crippen MR) is 110 cm³/mol. The molecule has 6 heteroatoms. The molecule has 6 nitrogen and oxygen atoms in total. The summed E-state index contributed by atoms with van der Waals surface area (Å²) in [5.74, 6) is -1.22. The van der Waals surface area contributed by atoms with E-state index in [1.807, 2.05) is 24.3 Å². The van der Waals surface area contributed by atoms with Crippen molar-refractivity contribution in [3.63, 3.8) is 0 Å². The zero-order chi connectivity index (χ0) is 20.9. The maximum absolute atomic E-state index is 11.8. The molecule has 2 atom stereocenters. The Kier molecular flexibility index (Phi) is 7.35. The van der Waals surface area contributed by atoms with Crippen molar-refractivity contribution in [2.45, 2.75) is 84.5 Å². The van der Waals surface area contributed by atoms with Gasteiger partial charge in [-0.15, -0.1) is 0 Å². The summed E-state index contributed by atoms with van der Waals surface area (Å²) in [5, 5.41) is 9.37. The minimum Gasteiger partial charge on any atom is -0.477 e. The van der Waals surface area contributed by atoms with Gasteiger partial charge in [0.25, 0.3) is 0 Å². The Morgan fingerprint density at radius 2 is 1.64 bits per heavy atom. The van der Waals surface area contributed by atoms with Crippen molar-refractivity contribution in [1.82, 2.24) is 4.90 Å². The molecule has 0 radical (unpaired) electrons. The zero-order valence-electron chi connectivity index (χ0n) is 17.6. The van der Waals surface area contributed by atoms with Gasteiger partial charge in [-0.3, -0.25) is 4.90 Å². The summed E-state index contributed by atoms with van der Waals surface area (Å²) in [7, 11) is 0. The van der Waals surface area contributed by atoms with Gasteiger partial charge in [0.2, 0.25) is 0 Å². The fraction of sp³-hybridized carbons (Fsp3) is 0.591. The van der Waals surface area contributed by atoms with Crippen LogP contribution >= 0.6 is 0 Å². The van der Waals surface area contributed by atoms with Crippen molar-refractivity contribution in [1.29, 1.82) is 0 Å². The Labute approximate surface area is 167 Å². The zero-order valence-corrected chi connectivity index (χ0v) is 17.6. The number of benzene rings is 1. The van der Waals surface area contributed by atoms with E-state index in [2.05, 4.69) is 23.7 Å². The third-order valence-electron chi connectivity index (χ3n) is 5.00. The van der Waals surface area contributed by atoms with Crippen LogP contribution in [0.1, 0.15) is 65.0 Å². The van der Waals surface area contributed by atoms with Crippen LogP contribution in [0.15, 0.2) is 29.3 Å². The lowest BCUT2D eigenvalue weighted by Gasteiger charge is -2.39. The molecule has 2 rings (SSSR count).